The largest absolute Gasteiger partial charge is 0.420 e. The van der Waals surface area contributed by atoms with Crippen LogP contribution in [-0.2, 0) is 17.0 Å². The van der Waals surface area contributed by atoms with E-state index in [2.05, 4.69) is 20.4 Å². The lowest BCUT2D eigenvalue weighted by Gasteiger charge is -2.04. The molecule has 0 N–H and O–H groups in total. The highest BCUT2D eigenvalue weighted by molar-refractivity contribution is 7.98. The second-order valence-corrected chi connectivity index (χ2v) is 5.75. The van der Waals surface area contributed by atoms with E-state index in [1.54, 1.807) is 13.4 Å². The van der Waals surface area contributed by atoms with E-state index in [9.17, 15) is 0 Å². The summed E-state index contributed by atoms with van der Waals surface area (Å²) in [5, 5.41) is 17.1. The van der Waals surface area contributed by atoms with Gasteiger partial charge in [-0.15, -0.1) is 20.4 Å². The number of ether oxygens (including phenoxy) is 1. The molecule has 0 spiro atoms. The van der Waals surface area contributed by atoms with Crippen LogP contribution in [-0.4, -0.2) is 38.7 Å². The Morgan fingerprint density at radius 2 is 2.04 bits per heavy atom. The summed E-state index contributed by atoms with van der Waals surface area (Å²) in [5.74, 6) is 1.66. The van der Waals surface area contributed by atoms with Crippen molar-refractivity contribution in [3.05, 3.63) is 42.5 Å². The van der Waals surface area contributed by atoms with Gasteiger partial charge in [-0.1, -0.05) is 30.0 Å². The van der Waals surface area contributed by atoms with Crippen molar-refractivity contribution in [1.29, 1.82) is 0 Å². The van der Waals surface area contributed by atoms with Crippen molar-refractivity contribution in [2.75, 3.05) is 13.7 Å². The van der Waals surface area contributed by atoms with Crippen LogP contribution in [0.25, 0.3) is 11.5 Å². The third-order valence-electron chi connectivity index (χ3n) is 3.14. The van der Waals surface area contributed by atoms with Crippen molar-refractivity contribution in [2.45, 2.75) is 23.9 Å². The first-order valence-electron chi connectivity index (χ1n) is 7.24. The van der Waals surface area contributed by atoms with Gasteiger partial charge in [0, 0.05) is 25.8 Å². The Bertz CT molecular complexity index is 728. The highest BCUT2D eigenvalue weighted by Crippen LogP contribution is 2.23. The van der Waals surface area contributed by atoms with Crippen LogP contribution in [0, 0.1) is 0 Å². The smallest absolute Gasteiger partial charge is 0.247 e. The Morgan fingerprint density at radius 1 is 1.17 bits per heavy atom. The summed E-state index contributed by atoms with van der Waals surface area (Å²) in [5.41, 5.74) is 0.916. The summed E-state index contributed by atoms with van der Waals surface area (Å²) >= 11 is 1.53. The SMILES string of the molecule is COCCCn1cnnc1SCc1nnc(-c2ccccc2)o1. The van der Waals surface area contributed by atoms with Crippen molar-refractivity contribution < 1.29 is 9.15 Å². The molecule has 2 aromatic heterocycles. The molecule has 0 unspecified atom stereocenters. The molecule has 2 heterocycles. The van der Waals surface area contributed by atoms with Crippen LogP contribution < -0.4 is 0 Å². The van der Waals surface area contributed by atoms with E-state index >= 15 is 0 Å². The standard InChI is InChI=1S/C15H17N5O2S/c1-21-9-5-8-20-11-16-19-15(20)23-10-13-17-18-14(22-13)12-6-3-2-4-7-12/h2-4,6-7,11H,5,8-10H2,1H3. The van der Waals surface area contributed by atoms with Gasteiger partial charge in [0.05, 0.1) is 5.75 Å². The first kappa shape index (κ1) is 15.7. The van der Waals surface area contributed by atoms with E-state index in [0.29, 0.717) is 24.1 Å². The van der Waals surface area contributed by atoms with Crippen molar-refractivity contribution in [2.24, 2.45) is 0 Å². The van der Waals surface area contributed by atoms with Crippen LogP contribution in [0.2, 0.25) is 0 Å². The maximum Gasteiger partial charge on any atom is 0.247 e. The lowest BCUT2D eigenvalue weighted by molar-refractivity contribution is 0.189. The van der Waals surface area contributed by atoms with Crippen molar-refractivity contribution in [3.63, 3.8) is 0 Å². The van der Waals surface area contributed by atoms with Crippen LogP contribution in [0.4, 0.5) is 0 Å². The van der Waals surface area contributed by atoms with E-state index in [1.165, 1.54) is 11.8 Å². The fourth-order valence-electron chi connectivity index (χ4n) is 2.02. The number of methoxy groups -OCH3 is 1. The number of aryl methyl sites for hydroxylation is 1. The van der Waals surface area contributed by atoms with Gasteiger partial charge in [-0.05, 0) is 18.6 Å². The van der Waals surface area contributed by atoms with Gasteiger partial charge in [-0.2, -0.15) is 0 Å². The van der Waals surface area contributed by atoms with Gasteiger partial charge in [0.25, 0.3) is 0 Å². The third-order valence-corrected chi connectivity index (χ3v) is 4.11. The molecule has 0 radical (unpaired) electrons. The van der Waals surface area contributed by atoms with Gasteiger partial charge >= 0.3 is 0 Å². The van der Waals surface area contributed by atoms with Crippen LogP contribution in [0.5, 0.6) is 0 Å². The third kappa shape index (κ3) is 4.17. The number of benzene rings is 1. The molecule has 0 aliphatic carbocycles. The number of rotatable bonds is 8. The molecule has 0 aliphatic rings. The number of aromatic nitrogens is 5. The Balaban J connectivity index is 1.59. The minimum Gasteiger partial charge on any atom is -0.420 e. The monoisotopic (exact) mass is 331 g/mol. The zero-order valence-corrected chi connectivity index (χ0v) is 13.6. The lowest BCUT2D eigenvalue weighted by Crippen LogP contribution is -2.02. The molecular weight excluding hydrogens is 314 g/mol. The topological polar surface area (TPSA) is 78.9 Å². The summed E-state index contributed by atoms with van der Waals surface area (Å²) < 4.78 is 12.7. The van der Waals surface area contributed by atoms with Crippen LogP contribution in [0.15, 0.2) is 46.2 Å². The molecule has 0 aliphatic heterocycles. The number of hydrogen-bond donors (Lipinski definition) is 0. The quantitative estimate of drug-likeness (QED) is 0.464. The van der Waals surface area contributed by atoms with Crippen molar-refractivity contribution >= 4 is 11.8 Å². The Hall–Kier alpha value is -2.19. The predicted molar refractivity (Wildman–Crippen MR) is 85.8 cm³/mol. The predicted octanol–water partition coefficient (Wildman–Crippen LogP) is 2.66. The average Bonchev–Trinajstić information content (AvgIpc) is 3.23. The highest BCUT2D eigenvalue weighted by atomic mass is 32.2. The van der Waals surface area contributed by atoms with Gasteiger partial charge in [0.1, 0.15) is 6.33 Å². The van der Waals surface area contributed by atoms with Crippen LogP contribution in [0.1, 0.15) is 12.3 Å². The molecule has 120 valence electrons. The molecule has 0 bridgehead atoms. The molecule has 23 heavy (non-hydrogen) atoms. The molecule has 3 aromatic rings. The first-order chi connectivity index (χ1) is 11.4. The fourth-order valence-corrected chi connectivity index (χ4v) is 2.80. The van der Waals surface area contributed by atoms with E-state index in [4.69, 9.17) is 9.15 Å². The Labute approximate surface area is 138 Å². The molecule has 0 amide bonds. The fraction of sp³-hybridized carbons (Fsp3) is 0.333. The van der Waals surface area contributed by atoms with Gasteiger partial charge in [0.2, 0.25) is 11.8 Å². The summed E-state index contributed by atoms with van der Waals surface area (Å²) in [4.78, 5) is 0. The van der Waals surface area contributed by atoms with Gasteiger partial charge < -0.3 is 13.7 Å². The van der Waals surface area contributed by atoms with Gasteiger partial charge in [0.15, 0.2) is 5.16 Å². The van der Waals surface area contributed by atoms with Gasteiger partial charge in [-0.3, -0.25) is 0 Å². The zero-order valence-electron chi connectivity index (χ0n) is 12.8. The minimum atomic E-state index is 0.530. The molecule has 7 nitrogen and oxygen atoms in total. The van der Waals surface area contributed by atoms with E-state index in [-0.39, 0.29) is 0 Å². The molecule has 0 atom stereocenters. The second-order valence-electron chi connectivity index (χ2n) is 4.81. The van der Waals surface area contributed by atoms with Gasteiger partial charge in [-0.25, -0.2) is 0 Å². The van der Waals surface area contributed by atoms with Crippen molar-refractivity contribution in [3.8, 4) is 11.5 Å². The molecule has 8 heteroatoms. The summed E-state index contributed by atoms with van der Waals surface area (Å²) in [6.45, 7) is 1.54. The number of thioether (sulfide) groups is 1. The number of nitrogens with zero attached hydrogens (tertiary/aromatic N) is 5. The van der Waals surface area contributed by atoms with E-state index < -0.39 is 0 Å². The summed E-state index contributed by atoms with van der Waals surface area (Å²) in [6, 6.07) is 9.72. The van der Waals surface area contributed by atoms with Crippen molar-refractivity contribution in [1.82, 2.24) is 25.0 Å². The maximum atomic E-state index is 5.69. The molecule has 1 aromatic carbocycles. The summed E-state index contributed by atoms with van der Waals surface area (Å²) in [7, 11) is 1.70. The lowest BCUT2D eigenvalue weighted by atomic mass is 10.2. The molecular formula is C15H17N5O2S. The Morgan fingerprint density at radius 3 is 2.87 bits per heavy atom. The van der Waals surface area contributed by atoms with E-state index in [1.807, 2.05) is 34.9 Å². The highest BCUT2D eigenvalue weighted by Gasteiger charge is 2.11. The molecule has 0 saturated carbocycles. The maximum absolute atomic E-state index is 5.69. The van der Waals surface area contributed by atoms with Crippen LogP contribution >= 0.6 is 11.8 Å². The molecule has 3 rings (SSSR count). The molecule has 0 fully saturated rings. The zero-order chi connectivity index (χ0) is 15.9. The normalized spacial score (nSPS) is 11.0. The summed E-state index contributed by atoms with van der Waals surface area (Å²) in [6.07, 6.45) is 2.64. The Kier molecular flexibility index (Phi) is 5.38. The first-order valence-corrected chi connectivity index (χ1v) is 8.22. The van der Waals surface area contributed by atoms with E-state index in [0.717, 1.165) is 23.7 Å². The number of hydrogen-bond acceptors (Lipinski definition) is 7. The van der Waals surface area contributed by atoms with Crippen LogP contribution in [0.3, 0.4) is 0 Å². The average molecular weight is 331 g/mol. The minimum absolute atomic E-state index is 0.530. The second kappa shape index (κ2) is 7.89. The molecule has 0 saturated heterocycles.